The van der Waals surface area contributed by atoms with Crippen LogP contribution in [-0.2, 0) is 0 Å². The number of carboxylic acid groups (broad SMARTS) is 1. The second-order valence-corrected chi connectivity index (χ2v) is 4.18. The molecular formula is C9H17N3O4. The Morgan fingerprint density at radius 3 is 2.69 bits per heavy atom. The number of rotatable bonds is 2. The van der Waals surface area contributed by atoms with E-state index in [0.717, 1.165) is 6.42 Å². The first kappa shape index (κ1) is 12.6. The summed E-state index contributed by atoms with van der Waals surface area (Å²) in [7, 11) is 0. The van der Waals surface area contributed by atoms with Crippen LogP contribution in [0.1, 0.15) is 19.8 Å². The molecule has 1 aliphatic heterocycles. The van der Waals surface area contributed by atoms with Crippen molar-refractivity contribution in [1.82, 2.24) is 9.96 Å². The molecule has 0 aromatic rings. The van der Waals surface area contributed by atoms with Crippen molar-refractivity contribution in [3.63, 3.8) is 0 Å². The molecule has 0 radical (unpaired) electrons. The van der Waals surface area contributed by atoms with Gasteiger partial charge in [0, 0.05) is 6.54 Å². The molecule has 92 valence electrons. The first-order valence-electron chi connectivity index (χ1n) is 5.17. The molecule has 0 aromatic heterocycles. The molecule has 1 heterocycles. The highest BCUT2D eigenvalue weighted by molar-refractivity contribution is 5.70. The van der Waals surface area contributed by atoms with Gasteiger partial charge in [-0.25, -0.2) is 14.7 Å². The van der Waals surface area contributed by atoms with E-state index in [2.05, 4.69) is 0 Å². The first-order chi connectivity index (χ1) is 7.41. The minimum atomic E-state index is -1.03. The molecular weight excluding hydrogens is 214 g/mol. The summed E-state index contributed by atoms with van der Waals surface area (Å²) in [5.41, 5.74) is 4.88. The Morgan fingerprint density at radius 2 is 2.19 bits per heavy atom. The summed E-state index contributed by atoms with van der Waals surface area (Å²) in [5.74, 6) is 0.377. The van der Waals surface area contributed by atoms with Crippen LogP contribution in [-0.4, -0.2) is 51.5 Å². The van der Waals surface area contributed by atoms with Gasteiger partial charge in [-0.05, 0) is 18.8 Å². The molecule has 1 unspecified atom stereocenters. The van der Waals surface area contributed by atoms with E-state index in [9.17, 15) is 14.8 Å². The van der Waals surface area contributed by atoms with Crippen LogP contribution < -0.4 is 5.73 Å². The number of hydrogen-bond donors (Lipinski definition) is 3. The third kappa shape index (κ3) is 2.99. The molecule has 7 heteroatoms. The zero-order valence-corrected chi connectivity index (χ0v) is 9.17. The Hall–Kier alpha value is -1.50. The summed E-state index contributed by atoms with van der Waals surface area (Å²) in [6.45, 7) is 2.36. The number of nitrogens with two attached hydrogens (primary N) is 1. The predicted octanol–water partition coefficient (Wildman–Crippen LogP) is 0.535. The third-order valence-corrected chi connectivity index (χ3v) is 2.86. The maximum absolute atomic E-state index is 10.9. The van der Waals surface area contributed by atoms with Crippen molar-refractivity contribution in [2.75, 3.05) is 13.1 Å². The molecule has 1 rings (SSSR count). The van der Waals surface area contributed by atoms with Gasteiger partial charge in [0.1, 0.15) is 0 Å². The van der Waals surface area contributed by atoms with Gasteiger partial charge in [0.05, 0.1) is 12.6 Å². The molecule has 1 fully saturated rings. The van der Waals surface area contributed by atoms with Crippen LogP contribution in [0.15, 0.2) is 0 Å². The lowest BCUT2D eigenvalue weighted by atomic mass is 9.92. The van der Waals surface area contributed by atoms with E-state index in [4.69, 9.17) is 10.8 Å². The smallest absolute Gasteiger partial charge is 0.407 e. The molecule has 0 spiro atoms. The number of urea groups is 1. The van der Waals surface area contributed by atoms with Crippen LogP contribution in [0.3, 0.4) is 0 Å². The quantitative estimate of drug-likeness (QED) is 0.476. The molecule has 16 heavy (non-hydrogen) atoms. The summed E-state index contributed by atoms with van der Waals surface area (Å²) in [4.78, 5) is 22.8. The van der Waals surface area contributed by atoms with Crippen molar-refractivity contribution in [2.24, 2.45) is 11.7 Å². The highest BCUT2D eigenvalue weighted by Crippen LogP contribution is 2.22. The molecule has 0 aromatic carbocycles. The summed E-state index contributed by atoms with van der Waals surface area (Å²) in [6, 6.07) is -1.36. The number of nitrogens with zero attached hydrogens (tertiary/aromatic N) is 2. The largest absolute Gasteiger partial charge is 0.465 e. The molecule has 0 saturated carbocycles. The Morgan fingerprint density at radius 1 is 1.56 bits per heavy atom. The molecule has 4 N–H and O–H groups in total. The summed E-state index contributed by atoms with van der Waals surface area (Å²) in [6.07, 6.45) is 0.385. The molecule has 2 atom stereocenters. The highest BCUT2D eigenvalue weighted by Gasteiger charge is 2.31. The lowest BCUT2D eigenvalue weighted by Gasteiger charge is -2.37. The Kier molecular flexibility index (Phi) is 3.94. The van der Waals surface area contributed by atoms with Gasteiger partial charge in [0.2, 0.25) is 0 Å². The van der Waals surface area contributed by atoms with E-state index in [1.54, 1.807) is 0 Å². The lowest BCUT2D eigenvalue weighted by Crippen LogP contribution is -2.51. The van der Waals surface area contributed by atoms with E-state index in [-0.39, 0.29) is 6.54 Å². The summed E-state index contributed by atoms with van der Waals surface area (Å²) in [5, 5.41) is 18.5. The van der Waals surface area contributed by atoms with Gasteiger partial charge >= 0.3 is 12.1 Å². The van der Waals surface area contributed by atoms with Crippen LogP contribution in [0.25, 0.3) is 0 Å². The summed E-state index contributed by atoms with van der Waals surface area (Å²) < 4.78 is 0. The Bertz CT molecular complexity index is 284. The fourth-order valence-corrected chi connectivity index (χ4v) is 1.97. The number of hydrogen-bond acceptors (Lipinski definition) is 3. The minimum absolute atomic E-state index is 0.0774. The van der Waals surface area contributed by atoms with Crippen molar-refractivity contribution in [1.29, 1.82) is 0 Å². The molecule has 0 bridgehead atoms. The second kappa shape index (κ2) is 5.02. The Labute approximate surface area is 93.4 Å². The van der Waals surface area contributed by atoms with Crippen molar-refractivity contribution in [3.8, 4) is 0 Å². The molecule has 3 amide bonds. The number of hydroxylamine groups is 2. The topological polar surface area (TPSA) is 107 Å². The van der Waals surface area contributed by atoms with Crippen molar-refractivity contribution in [3.05, 3.63) is 0 Å². The first-order valence-corrected chi connectivity index (χ1v) is 5.17. The van der Waals surface area contributed by atoms with Crippen molar-refractivity contribution in [2.45, 2.75) is 25.8 Å². The van der Waals surface area contributed by atoms with Crippen LogP contribution in [0.5, 0.6) is 0 Å². The monoisotopic (exact) mass is 231 g/mol. The zero-order valence-electron chi connectivity index (χ0n) is 9.17. The van der Waals surface area contributed by atoms with Crippen LogP contribution in [0, 0.1) is 5.92 Å². The maximum Gasteiger partial charge on any atom is 0.407 e. The molecule has 1 aliphatic rings. The third-order valence-electron chi connectivity index (χ3n) is 2.86. The van der Waals surface area contributed by atoms with Gasteiger partial charge in [-0.2, -0.15) is 0 Å². The average Bonchev–Trinajstić information content (AvgIpc) is 2.16. The number of carbonyl (C=O) groups is 2. The van der Waals surface area contributed by atoms with Gasteiger partial charge in [0.25, 0.3) is 0 Å². The van der Waals surface area contributed by atoms with Crippen LogP contribution in [0.4, 0.5) is 9.59 Å². The zero-order chi connectivity index (χ0) is 12.3. The number of piperidine rings is 1. The number of likely N-dealkylation sites (tertiary alicyclic amines) is 1. The van der Waals surface area contributed by atoms with Crippen molar-refractivity contribution >= 4 is 12.1 Å². The molecule has 0 aliphatic carbocycles. The van der Waals surface area contributed by atoms with Gasteiger partial charge < -0.3 is 15.7 Å². The van der Waals surface area contributed by atoms with Gasteiger partial charge in [-0.3, -0.25) is 5.21 Å². The lowest BCUT2D eigenvalue weighted by molar-refractivity contribution is -0.0615. The standard InChI is InChI=1S/C9H17N3O4/c1-6-2-3-11(9(14)15)7(4-6)5-12(16)8(10)13/h6-7,16H,2-5H2,1H3,(H2,10,13)(H,14,15)/t6?,7-/m1/s1. The minimum Gasteiger partial charge on any atom is -0.465 e. The van der Waals surface area contributed by atoms with Gasteiger partial charge in [-0.1, -0.05) is 6.92 Å². The van der Waals surface area contributed by atoms with E-state index >= 15 is 0 Å². The van der Waals surface area contributed by atoms with Crippen LogP contribution in [0.2, 0.25) is 0 Å². The van der Waals surface area contributed by atoms with E-state index in [1.165, 1.54) is 4.90 Å². The van der Waals surface area contributed by atoms with Crippen molar-refractivity contribution < 1.29 is 19.9 Å². The van der Waals surface area contributed by atoms with Gasteiger partial charge in [-0.15, -0.1) is 0 Å². The number of carbonyl (C=O) groups excluding carboxylic acids is 1. The summed E-state index contributed by atoms with van der Waals surface area (Å²) >= 11 is 0. The SMILES string of the molecule is CC1CCN(C(=O)O)[C@@H](CN(O)C(N)=O)C1. The fourth-order valence-electron chi connectivity index (χ4n) is 1.97. The maximum atomic E-state index is 10.9. The number of primary amides is 1. The fraction of sp³-hybridized carbons (Fsp3) is 0.778. The van der Waals surface area contributed by atoms with E-state index in [1.807, 2.05) is 6.92 Å². The van der Waals surface area contributed by atoms with E-state index in [0.29, 0.717) is 23.9 Å². The normalized spacial score (nSPS) is 25.2. The molecule has 1 saturated heterocycles. The van der Waals surface area contributed by atoms with Gasteiger partial charge in [0.15, 0.2) is 0 Å². The highest BCUT2D eigenvalue weighted by atomic mass is 16.5. The Balaban J connectivity index is 2.64. The van der Waals surface area contributed by atoms with Crippen LogP contribution >= 0.6 is 0 Å². The molecule has 7 nitrogen and oxygen atoms in total. The second-order valence-electron chi connectivity index (χ2n) is 4.18. The van der Waals surface area contributed by atoms with E-state index < -0.39 is 18.2 Å². The predicted molar refractivity (Wildman–Crippen MR) is 55.0 cm³/mol. The number of amides is 3. The average molecular weight is 231 g/mol.